The molecule has 0 saturated carbocycles. The van der Waals surface area contributed by atoms with Crippen molar-refractivity contribution in [3.63, 3.8) is 0 Å². The molecule has 1 atom stereocenters. The van der Waals surface area contributed by atoms with Crippen molar-refractivity contribution >= 4 is 17.7 Å². The number of benzene rings is 1. The number of hydrogen-bond donors (Lipinski definition) is 2. The topological polar surface area (TPSA) is 96.3 Å². The van der Waals surface area contributed by atoms with Crippen LogP contribution in [0.4, 0.5) is 0 Å². The van der Waals surface area contributed by atoms with E-state index in [4.69, 9.17) is 0 Å². The van der Waals surface area contributed by atoms with E-state index < -0.39 is 5.54 Å². The second-order valence-electron chi connectivity index (χ2n) is 8.01. The van der Waals surface area contributed by atoms with E-state index in [2.05, 4.69) is 15.7 Å². The van der Waals surface area contributed by atoms with Crippen molar-refractivity contribution in [2.75, 3.05) is 7.05 Å². The number of aryl methyl sites for hydroxylation is 1. The minimum Gasteiger partial charge on any atom is -0.350 e. The maximum Gasteiger partial charge on any atom is 0.272 e. The van der Waals surface area contributed by atoms with E-state index in [9.17, 15) is 14.4 Å². The van der Waals surface area contributed by atoms with Gasteiger partial charge in [-0.25, -0.2) is 0 Å². The first-order chi connectivity index (χ1) is 13.6. The molecule has 3 rings (SSSR count). The summed E-state index contributed by atoms with van der Waals surface area (Å²) in [6.45, 7) is 7.94. The van der Waals surface area contributed by atoms with E-state index in [1.807, 2.05) is 45.0 Å². The number of hydrogen-bond acceptors (Lipinski definition) is 4. The molecule has 1 aliphatic rings. The lowest BCUT2D eigenvalue weighted by molar-refractivity contribution is -0.132. The number of amides is 3. The number of aromatic nitrogens is 2. The van der Waals surface area contributed by atoms with Gasteiger partial charge in [0.2, 0.25) is 5.91 Å². The van der Waals surface area contributed by atoms with Crippen LogP contribution in [0.5, 0.6) is 0 Å². The predicted molar refractivity (Wildman–Crippen MR) is 108 cm³/mol. The molecule has 8 nitrogen and oxygen atoms in total. The number of likely N-dealkylation sites (N-methyl/N-ethyl adjacent to an activating group) is 1. The molecular formula is C21H27N5O3. The summed E-state index contributed by atoms with van der Waals surface area (Å²) in [4.78, 5) is 39.5. The highest BCUT2D eigenvalue weighted by Crippen LogP contribution is 2.26. The average molecular weight is 397 g/mol. The van der Waals surface area contributed by atoms with E-state index in [0.29, 0.717) is 12.2 Å². The largest absolute Gasteiger partial charge is 0.350 e. The van der Waals surface area contributed by atoms with Crippen LogP contribution in [0.3, 0.4) is 0 Å². The third-order valence-corrected chi connectivity index (χ3v) is 5.22. The summed E-state index contributed by atoms with van der Waals surface area (Å²) < 4.78 is 1.45. The summed E-state index contributed by atoms with van der Waals surface area (Å²) in [6, 6.07) is 9.31. The number of fused-ring (bicyclic) bond motifs is 1. The van der Waals surface area contributed by atoms with Gasteiger partial charge in [-0.1, -0.05) is 29.8 Å². The Morgan fingerprint density at radius 2 is 1.90 bits per heavy atom. The first kappa shape index (κ1) is 20.6. The lowest BCUT2D eigenvalue weighted by Crippen LogP contribution is -2.62. The normalized spacial score (nSPS) is 18.6. The molecule has 3 amide bonds. The lowest BCUT2D eigenvalue weighted by atomic mass is 9.95. The smallest absolute Gasteiger partial charge is 0.272 e. The SMILES string of the molecule is Cc1ccc(CNC(=O)C2(C)Cn3nc(C(=O)NC(C)C)cc3C(=O)N2C)cc1. The number of nitrogens with zero attached hydrogens (tertiary/aromatic N) is 3. The average Bonchev–Trinajstić information content (AvgIpc) is 3.09. The van der Waals surface area contributed by atoms with Crippen LogP contribution in [0.1, 0.15) is 52.9 Å². The zero-order valence-corrected chi connectivity index (χ0v) is 17.4. The van der Waals surface area contributed by atoms with Crippen LogP contribution in [-0.4, -0.2) is 51.0 Å². The molecule has 0 saturated heterocycles. The van der Waals surface area contributed by atoms with Crippen LogP contribution in [0.15, 0.2) is 30.3 Å². The minimum absolute atomic E-state index is 0.0441. The molecule has 1 aromatic heterocycles. The van der Waals surface area contributed by atoms with Crippen molar-refractivity contribution in [1.82, 2.24) is 25.3 Å². The van der Waals surface area contributed by atoms with Gasteiger partial charge in [-0.05, 0) is 33.3 Å². The van der Waals surface area contributed by atoms with Crippen LogP contribution in [0.2, 0.25) is 0 Å². The van der Waals surface area contributed by atoms with E-state index in [-0.39, 0.29) is 36.0 Å². The Hall–Kier alpha value is -3.16. The number of nitrogens with one attached hydrogen (secondary N) is 2. The molecule has 0 bridgehead atoms. The lowest BCUT2D eigenvalue weighted by Gasteiger charge is -2.40. The molecule has 0 radical (unpaired) electrons. The molecule has 154 valence electrons. The molecule has 8 heteroatoms. The van der Waals surface area contributed by atoms with Gasteiger partial charge >= 0.3 is 0 Å². The van der Waals surface area contributed by atoms with Crippen LogP contribution >= 0.6 is 0 Å². The van der Waals surface area contributed by atoms with Gasteiger partial charge in [-0.15, -0.1) is 0 Å². The molecule has 29 heavy (non-hydrogen) atoms. The molecule has 2 aromatic rings. The predicted octanol–water partition coefficient (Wildman–Crippen LogP) is 1.49. The van der Waals surface area contributed by atoms with Crippen molar-refractivity contribution in [1.29, 1.82) is 0 Å². The summed E-state index contributed by atoms with van der Waals surface area (Å²) in [5.74, 6) is -0.966. The van der Waals surface area contributed by atoms with Gasteiger partial charge in [0.05, 0.1) is 6.54 Å². The van der Waals surface area contributed by atoms with Gasteiger partial charge in [0.25, 0.3) is 11.8 Å². The van der Waals surface area contributed by atoms with Crippen molar-refractivity contribution in [3.8, 4) is 0 Å². The van der Waals surface area contributed by atoms with Gasteiger partial charge in [0, 0.05) is 25.7 Å². The zero-order valence-electron chi connectivity index (χ0n) is 17.4. The third kappa shape index (κ3) is 4.01. The summed E-state index contributed by atoms with van der Waals surface area (Å²) >= 11 is 0. The number of rotatable bonds is 5. The Morgan fingerprint density at radius 3 is 2.52 bits per heavy atom. The Kier molecular flexibility index (Phi) is 5.46. The van der Waals surface area contributed by atoms with Gasteiger partial charge in [-0.3, -0.25) is 19.1 Å². The van der Waals surface area contributed by atoms with Crippen molar-refractivity contribution in [3.05, 3.63) is 52.8 Å². The van der Waals surface area contributed by atoms with Crippen LogP contribution in [-0.2, 0) is 17.9 Å². The Labute approximate surface area is 170 Å². The zero-order chi connectivity index (χ0) is 21.3. The molecule has 0 aliphatic carbocycles. The summed E-state index contributed by atoms with van der Waals surface area (Å²) in [5.41, 5.74) is 1.47. The first-order valence-electron chi connectivity index (χ1n) is 9.62. The monoisotopic (exact) mass is 397 g/mol. The summed E-state index contributed by atoms with van der Waals surface area (Å²) in [7, 11) is 1.60. The molecule has 1 unspecified atom stereocenters. The second kappa shape index (κ2) is 7.69. The minimum atomic E-state index is -1.12. The Balaban J connectivity index is 1.79. The molecule has 2 heterocycles. The quantitative estimate of drug-likeness (QED) is 0.799. The highest BCUT2D eigenvalue weighted by atomic mass is 16.2. The summed E-state index contributed by atoms with van der Waals surface area (Å²) in [6.07, 6.45) is 0. The highest BCUT2D eigenvalue weighted by molar-refractivity contribution is 6.01. The van der Waals surface area contributed by atoms with E-state index >= 15 is 0 Å². The van der Waals surface area contributed by atoms with E-state index in [1.54, 1.807) is 14.0 Å². The fraction of sp³-hybridized carbons (Fsp3) is 0.429. The van der Waals surface area contributed by atoms with Crippen LogP contribution < -0.4 is 10.6 Å². The Bertz CT molecular complexity index is 948. The maximum atomic E-state index is 13.0. The second-order valence-corrected chi connectivity index (χ2v) is 8.01. The number of carbonyl (C=O) groups is 3. The van der Waals surface area contributed by atoms with Gasteiger partial charge in [-0.2, -0.15) is 5.10 Å². The van der Waals surface area contributed by atoms with Gasteiger partial charge < -0.3 is 15.5 Å². The maximum absolute atomic E-state index is 13.0. The fourth-order valence-electron chi connectivity index (χ4n) is 3.25. The third-order valence-electron chi connectivity index (χ3n) is 5.22. The standard InChI is InChI=1S/C21H27N5O3/c1-13(2)23-18(27)16-10-17-19(28)25(5)21(4,12-26(17)24-16)20(29)22-11-15-8-6-14(3)7-9-15/h6-10,13H,11-12H2,1-5H3,(H,22,29)(H,23,27). The van der Waals surface area contributed by atoms with Crippen molar-refractivity contribution < 1.29 is 14.4 Å². The van der Waals surface area contributed by atoms with Crippen LogP contribution in [0.25, 0.3) is 0 Å². The number of carbonyl (C=O) groups excluding carboxylic acids is 3. The van der Waals surface area contributed by atoms with Crippen molar-refractivity contribution in [2.45, 2.75) is 52.4 Å². The van der Waals surface area contributed by atoms with E-state index in [0.717, 1.165) is 11.1 Å². The summed E-state index contributed by atoms with van der Waals surface area (Å²) in [5, 5.41) is 9.95. The molecule has 2 N–H and O–H groups in total. The molecule has 1 aliphatic heterocycles. The fourth-order valence-corrected chi connectivity index (χ4v) is 3.25. The molecule has 0 spiro atoms. The highest BCUT2D eigenvalue weighted by Gasteiger charge is 2.46. The molecular weight excluding hydrogens is 370 g/mol. The van der Waals surface area contributed by atoms with E-state index in [1.165, 1.54) is 15.6 Å². The first-order valence-corrected chi connectivity index (χ1v) is 9.62. The molecule has 0 fully saturated rings. The van der Waals surface area contributed by atoms with Gasteiger partial charge in [0.1, 0.15) is 11.2 Å². The molecule has 1 aromatic carbocycles. The van der Waals surface area contributed by atoms with Gasteiger partial charge in [0.15, 0.2) is 5.69 Å². The van der Waals surface area contributed by atoms with Crippen LogP contribution in [0, 0.1) is 6.92 Å². The van der Waals surface area contributed by atoms with Crippen molar-refractivity contribution in [2.24, 2.45) is 0 Å². The Morgan fingerprint density at radius 1 is 1.24 bits per heavy atom.